The Hall–Kier alpha value is 1.60. The normalized spacial score (nSPS) is 10.6. The molecule has 2 N–H and O–H groups in total. The van der Waals surface area contributed by atoms with E-state index >= 15 is 0 Å². The quantitative estimate of drug-likeness (QED) is 0.546. The molecule has 0 aromatic carbocycles. The number of rotatable bonds is 4. The zero-order valence-electron chi connectivity index (χ0n) is 3.93. The molecule has 0 bridgehead atoms. The maximum absolute atomic E-state index is 3.65. The zero-order chi connectivity index (χ0) is 5.54. The highest BCUT2D eigenvalue weighted by molar-refractivity contribution is 7.55. The van der Waals surface area contributed by atoms with Gasteiger partial charge < -0.3 is 0 Å². The van der Waals surface area contributed by atoms with Crippen LogP contribution in [0.3, 0.4) is 0 Å². The van der Waals surface area contributed by atoms with E-state index in [-0.39, 0.29) is 12.4 Å². The van der Waals surface area contributed by atoms with Gasteiger partial charge in [-0.25, -0.2) is 9.37 Å². The second-order valence-corrected chi connectivity index (χ2v) is 4.14. The van der Waals surface area contributed by atoms with Gasteiger partial charge in [-0.05, 0) is 9.03 Å². The van der Waals surface area contributed by atoms with Gasteiger partial charge in [-0.15, -0.1) is 12.4 Å². The van der Waals surface area contributed by atoms with Gasteiger partial charge in [-0.2, -0.15) is 0 Å². The van der Waals surface area contributed by atoms with Crippen molar-refractivity contribution < 1.29 is 0 Å². The van der Waals surface area contributed by atoms with E-state index in [0.29, 0.717) is 17.8 Å². The summed E-state index contributed by atoms with van der Waals surface area (Å²) >= 11 is 0. The van der Waals surface area contributed by atoms with Crippen LogP contribution in [-0.4, -0.2) is 0 Å². The fourth-order valence-corrected chi connectivity index (χ4v) is 1.98. The van der Waals surface area contributed by atoms with Gasteiger partial charge in [0.05, 0.1) is 8.88 Å². The number of hydrogen-bond donors (Lipinski definition) is 2. The fourth-order valence-electron chi connectivity index (χ4n) is 0.0920. The van der Waals surface area contributed by atoms with Crippen LogP contribution in [0.1, 0.15) is 0 Å². The summed E-state index contributed by atoms with van der Waals surface area (Å²) in [5.74, 6) is 0. The van der Waals surface area contributed by atoms with Crippen molar-refractivity contribution in [2.75, 3.05) is 0 Å². The van der Waals surface area contributed by atoms with Crippen molar-refractivity contribution in [3.05, 3.63) is 0 Å². The fraction of sp³-hybridized carbons (Fsp3) is 0. The first-order valence-electron chi connectivity index (χ1n) is 1.49. The second kappa shape index (κ2) is 11.4. The van der Waals surface area contributed by atoms with Crippen LogP contribution in [0.2, 0.25) is 0 Å². The molecule has 0 saturated carbocycles. The number of hydrogen-bond acceptors (Lipinski definition) is 3. The summed E-state index contributed by atoms with van der Waals surface area (Å²) in [6, 6.07) is 0. The maximum atomic E-state index is 3.65. The SMILES string of the molecule is Cl.P=NPNPNP. The van der Waals surface area contributed by atoms with Crippen LogP contribution in [0.5, 0.6) is 0 Å². The number of nitrogens with zero attached hydrogens (tertiary/aromatic N) is 1. The molecule has 0 heterocycles. The first-order chi connectivity index (χ1) is 3.41. The minimum atomic E-state index is 0. The van der Waals surface area contributed by atoms with Gasteiger partial charge in [0.1, 0.15) is 0 Å². The molecule has 0 aliphatic heterocycles. The summed E-state index contributed by atoms with van der Waals surface area (Å²) in [5.41, 5.74) is 0. The van der Waals surface area contributed by atoms with Crippen LogP contribution in [0.25, 0.3) is 0 Å². The van der Waals surface area contributed by atoms with Crippen molar-refractivity contribution in [2.45, 2.75) is 0 Å². The molecule has 50 valence electrons. The lowest BCUT2D eigenvalue weighted by molar-refractivity contribution is 1.58. The molecule has 0 aromatic heterocycles. The zero-order valence-corrected chi connectivity index (χ0v) is 8.90. The van der Waals surface area contributed by atoms with Crippen molar-refractivity contribution in [3.63, 3.8) is 0 Å². The number of halogens is 1. The van der Waals surface area contributed by atoms with E-state index in [4.69, 9.17) is 0 Å². The number of nitrogens with one attached hydrogen (secondary N) is 2. The highest BCUT2D eigenvalue weighted by atomic mass is 35.5. The molecular formula is H8ClN3P4. The molecule has 0 saturated heterocycles. The van der Waals surface area contributed by atoms with Crippen LogP contribution in [0.4, 0.5) is 0 Å². The van der Waals surface area contributed by atoms with Gasteiger partial charge in [0.2, 0.25) is 0 Å². The van der Waals surface area contributed by atoms with E-state index in [9.17, 15) is 0 Å². The van der Waals surface area contributed by atoms with Gasteiger partial charge in [-0.3, -0.25) is 4.86 Å². The monoisotopic (exact) mass is 209 g/mol. The third-order valence-electron chi connectivity index (χ3n) is 0.246. The molecule has 0 rings (SSSR count). The minimum Gasteiger partial charge on any atom is -0.269 e. The summed E-state index contributed by atoms with van der Waals surface area (Å²) < 4.78 is 3.65. The van der Waals surface area contributed by atoms with Crippen molar-refractivity contribution in [2.24, 2.45) is 4.52 Å². The van der Waals surface area contributed by atoms with Gasteiger partial charge in [0.25, 0.3) is 0 Å². The summed E-state index contributed by atoms with van der Waals surface area (Å²) in [7, 11) is 6.38. The van der Waals surface area contributed by atoms with Gasteiger partial charge in [0.15, 0.2) is 0 Å². The van der Waals surface area contributed by atoms with E-state index in [1.165, 1.54) is 0 Å². The van der Waals surface area contributed by atoms with Gasteiger partial charge in [0, 0.05) is 8.88 Å². The van der Waals surface area contributed by atoms with E-state index < -0.39 is 0 Å². The molecule has 3 nitrogen and oxygen atoms in total. The Morgan fingerprint density at radius 1 is 1.62 bits per heavy atom. The van der Waals surface area contributed by atoms with Crippen LogP contribution in [0, 0.1) is 0 Å². The third-order valence-corrected chi connectivity index (χ3v) is 2.22. The summed E-state index contributed by atoms with van der Waals surface area (Å²) in [4.78, 5) is 5.85. The topological polar surface area (TPSA) is 36.4 Å². The molecule has 0 aliphatic carbocycles. The predicted molar refractivity (Wildman–Crippen MR) is 50.6 cm³/mol. The summed E-state index contributed by atoms with van der Waals surface area (Å²) in [5, 5.41) is 0. The standard InChI is InChI=1S/ClH.H7N3P4/c;4-1-6-3-7-2-5/h1H;1,3,5-7H,4H2. The molecule has 0 radical (unpaired) electrons. The smallest absolute Gasteiger partial charge is 0.0807 e. The highest BCUT2D eigenvalue weighted by Crippen LogP contribution is 2.14. The molecule has 0 amide bonds. The Morgan fingerprint density at radius 3 is 2.62 bits per heavy atom. The largest absolute Gasteiger partial charge is 0.269 e. The Morgan fingerprint density at radius 2 is 2.25 bits per heavy atom. The third kappa shape index (κ3) is 10.6. The van der Waals surface area contributed by atoms with Crippen molar-refractivity contribution >= 4 is 48.6 Å². The molecular weight excluding hydrogens is 201 g/mol. The molecule has 8 heavy (non-hydrogen) atoms. The molecule has 8 heteroatoms. The van der Waals surface area contributed by atoms with E-state index in [0.717, 1.165) is 0 Å². The second-order valence-electron chi connectivity index (χ2n) is 0.618. The van der Waals surface area contributed by atoms with E-state index in [1.807, 2.05) is 0 Å². The Balaban J connectivity index is 0. The molecule has 0 aromatic rings. The van der Waals surface area contributed by atoms with Gasteiger partial charge >= 0.3 is 0 Å². The lowest BCUT2D eigenvalue weighted by Crippen LogP contribution is -1.86. The molecule has 3 atom stereocenters. The molecule has 3 unspecified atom stereocenters. The van der Waals surface area contributed by atoms with Crippen LogP contribution in [-0.2, 0) is 0 Å². The molecule has 0 aliphatic rings. The van der Waals surface area contributed by atoms with Gasteiger partial charge in [-0.1, -0.05) is 9.39 Å². The predicted octanol–water partition coefficient (Wildman–Crippen LogP) is 1.72. The lowest BCUT2D eigenvalue weighted by atomic mass is 13.8. The highest BCUT2D eigenvalue weighted by Gasteiger charge is 1.72. The first kappa shape index (κ1) is 12.3. The lowest BCUT2D eigenvalue weighted by Gasteiger charge is -1.93. The first-order valence-corrected chi connectivity index (χ1v) is 4.46. The average molecular weight is 209 g/mol. The maximum Gasteiger partial charge on any atom is 0.0807 e. The summed E-state index contributed by atoms with van der Waals surface area (Å²) in [6.07, 6.45) is 0. The van der Waals surface area contributed by atoms with E-state index in [2.05, 4.69) is 32.7 Å². The van der Waals surface area contributed by atoms with Crippen LogP contribution in [0.15, 0.2) is 4.52 Å². The Labute approximate surface area is 63.3 Å². The molecule has 0 spiro atoms. The summed E-state index contributed by atoms with van der Waals surface area (Å²) in [6.45, 7) is 0. The van der Waals surface area contributed by atoms with Crippen LogP contribution >= 0.6 is 48.6 Å². The van der Waals surface area contributed by atoms with E-state index in [1.54, 1.807) is 0 Å². The Kier molecular flexibility index (Phi) is 17.5. The Bertz CT molecular complexity index is 48.5. The minimum absolute atomic E-state index is 0. The molecule has 0 fully saturated rings. The van der Waals surface area contributed by atoms with Crippen LogP contribution < -0.4 is 9.72 Å². The van der Waals surface area contributed by atoms with Crippen molar-refractivity contribution in [3.8, 4) is 0 Å². The average Bonchev–Trinajstić information content (AvgIpc) is 1.69. The van der Waals surface area contributed by atoms with Crippen molar-refractivity contribution in [1.29, 1.82) is 0 Å². The van der Waals surface area contributed by atoms with Crippen molar-refractivity contribution in [1.82, 2.24) is 9.72 Å².